The Morgan fingerprint density at radius 1 is 1.43 bits per heavy atom. The summed E-state index contributed by atoms with van der Waals surface area (Å²) in [6.07, 6.45) is 4.24. The van der Waals surface area contributed by atoms with Gasteiger partial charge >= 0.3 is 0 Å². The molecule has 1 aliphatic carbocycles. The lowest BCUT2D eigenvalue weighted by Crippen LogP contribution is -2.32. The molecule has 1 amide bonds. The van der Waals surface area contributed by atoms with Gasteiger partial charge in [-0.05, 0) is 43.2 Å². The first kappa shape index (κ1) is 15.3. The lowest BCUT2D eigenvalue weighted by molar-refractivity contribution is -0.119. The van der Waals surface area contributed by atoms with Crippen LogP contribution >= 0.6 is 0 Å². The number of aromatic nitrogens is 1. The van der Waals surface area contributed by atoms with E-state index in [4.69, 9.17) is 0 Å². The Morgan fingerprint density at radius 2 is 2.19 bits per heavy atom. The van der Waals surface area contributed by atoms with E-state index in [1.54, 1.807) is 0 Å². The average Bonchev–Trinajstić information content (AvgIpc) is 2.49. The van der Waals surface area contributed by atoms with E-state index in [1.165, 1.54) is 5.56 Å². The third kappa shape index (κ3) is 4.19. The summed E-state index contributed by atoms with van der Waals surface area (Å²) in [6.45, 7) is 4.90. The molecule has 0 atom stereocenters. The van der Waals surface area contributed by atoms with Crippen LogP contribution in [0.3, 0.4) is 0 Å². The highest BCUT2D eigenvalue weighted by molar-refractivity contribution is 5.80. The molecule has 1 aliphatic rings. The normalized spacial score (nSPS) is 13.4. The zero-order chi connectivity index (χ0) is 15.2. The van der Waals surface area contributed by atoms with Crippen LogP contribution in [0, 0.1) is 17.2 Å². The first-order valence-corrected chi connectivity index (χ1v) is 7.53. The number of carbonyl (C=O) groups excluding carboxylic acids is 1. The van der Waals surface area contributed by atoms with E-state index < -0.39 is 0 Å². The maximum atomic E-state index is 11.7. The average molecular weight is 286 g/mol. The van der Waals surface area contributed by atoms with Gasteiger partial charge in [0.15, 0.2) is 0 Å². The SMILES string of the molecule is CC(C)CNC(=O)CNc1nc2c(cc1C#N)CCCC2. The second kappa shape index (κ2) is 7.07. The topological polar surface area (TPSA) is 77.8 Å². The number of nitriles is 1. The van der Waals surface area contributed by atoms with Gasteiger partial charge in [-0.25, -0.2) is 4.98 Å². The minimum Gasteiger partial charge on any atom is -0.360 e. The standard InChI is InChI=1S/C16H22N4O/c1-11(2)9-18-15(21)10-19-16-13(8-17)7-12-5-3-4-6-14(12)20-16/h7,11H,3-6,9-10H2,1-2H3,(H,18,21)(H,19,20). The summed E-state index contributed by atoms with van der Waals surface area (Å²) in [5, 5.41) is 15.1. The number of hydrogen-bond acceptors (Lipinski definition) is 4. The van der Waals surface area contributed by atoms with Crippen LogP contribution in [0.5, 0.6) is 0 Å². The maximum Gasteiger partial charge on any atom is 0.239 e. The van der Waals surface area contributed by atoms with Crippen LogP contribution in [-0.2, 0) is 17.6 Å². The molecule has 1 aromatic rings. The Kier molecular flexibility index (Phi) is 5.15. The number of carbonyl (C=O) groups is 1. The van der Waals surface area contributed by atoms with Crippen molar-refractivity contribution in [2.45, 2.75) is 39.5 Å². The van der Waals surface area contributed by atoms with Crippen LogP contribution in [0.15, 0.2) is 6.07 Å². The van der Waals surface area contributed by atoms with Crippen molar-refractivity contribution in [3.63, 3.8) is 0 Å². The number of amides is 1. The number of fused-ring (bicyclic) bond motifs is 1. The molecule has 0 radical (unpaired) electrons. The summed E-state index contributed by atoms with van der Waals surface area (Å²) in [5.41, 5.74) is 2.75. The maximum absolute atomic E-state index is 11.7. The highest BCUT2D eigenvalue weighted by Gasteiger charge is 2.15. The van der Waals surface area contributed by atoms with Crippen LogP contribution in [0.2, 0.25) is 0 Å². The van der Waals surface area contributed by atoms with Crippen LogP contribution in [0.1, 0.15) is 43.5 Å². The largest absolute Gasteiger partial charge is 0.360 e. The molecular weight excluding hydrogens is 264 g/mol. The van der Waals surface area contributed by atoms with Crippen molar-refractivity contribution in [1.82, 2.24) is 10.3 Å². The summed E-state index contributed by atoms with van der Waals surface area (Å²) >= 11 is 0. The van der Waals surface area contributed by atoms with Gasteiger partial charge in [0.2, 0.25) is 5.91 Å². The Labute approximate surface area is 125 Å². The van der Waals surface area contributed by atoms with Crippen molar-refractivity contribution in [1.29, 1.82) is 5.26 Å². The summed E-state index contributed by atoms with van der Waals surface area (Å²) in [7, 11) is 0. The highest BCUT2D eigenvalue weighted by Crippen LogP contribution is 2.24. The molecule has 0 aliphatic heterocycles. The Morgan fingerprint density at radius 3 is 2.90 bits per heavy atom. The van der Waals surface area contributed by atoms with E-state index in [0.29, 0.717) is 23.8 Å². The lowest BCUT2D eigenvalue weighted by atomic mass is 9.95. The van der Waals surface area contributed by atoms with Gasteiger partial charge in [-0.15, -0.1) is 0 Å². The molecule has 0 fully saturated rings. The van der Waals surface area contributed by atoms with Crippen LogP contribution in [0.25, 0.3) is 0 Å². The van der Waals surface area contributed by atoms with Crippen molar-refractivity contribution in [3.8, 4) is 6.07 Å². The zero-order valence-electron chi connectivity index (χ0n) is 12.7. The molecule has 0 saturated heterocycles. The molecule has 2 N–H and O–H groups in total. The number of pyridine rings is 1. The van der Waals surface area contributed by atoms with E-state index in [-0.39, 0.29) is 12.5 Å². The third-order valence-corrected chi connectivity index (χ3v) is 3.55. The summed E-state index contributed by atoms with van der Waals surface area (Å²) in [5.74, 6) is 0.871. The molecule has 21 heavy (non-hydrogen) atoms. The summed E-state index contributed by atoms with van der Waals surface area (Å²) < 4.78 is 0. The smallest absolute Gasteiger partial charge is 0.239 e. The van der Waals surface area contributed by atoms with Crippen molar-refractivity contribution >= 4 is 11.7 Å². The first-order chi connectivity index (χ1) is 10.1. The van der Waals surface area contributed by atoms with E-state index in [2.05, 4.69) is 21.7 Å². The molecule has 5 heteroatoms. The highest BCUT2D eigenvalue weighted by atomic mass is 16.1. The fourth-order valence-corrected chi connectivity index (χ4v) is 2.40. The van der Waals surface area contributed by atoms with E-state index in [9.17, 15) is 10.1 Å². The van der Waals surface area contributed by atoms with E-state index in [0.717, 1.165) is 31.4 Å². The second-order valence-electron chi connectivity index (χ2n) is 5.86. The monoisotopic (exact) mass is 286 g/mol. The van der Waals surface area contributed by atoms with Crippen LogP contribution in [0.4, 0.5) is 5.82 Å². The lowest BCUT2D eigenvalue weighted by Gasteiger charge is -2.17. The Balaban J connectivity index is 2.02. The predicted octanol–water partition coefficient (Wildman–Crippen LogP) is 2.02. The number of nitrogens with zero attached hydrogens (tertiary/aromatic N) is 2. The number of anilines is 1. The number of rotatable bonds is 5. The zero-order valence-corrected chi connectivity index (χ0v) is 12.7. The second-order valence-corrected chi connectivity index (χ2v) is 5.86. The Hall–Kier alpha value is -2.09. The number of aryl methyl sites for hydroxylation is 2. The fourth-order valence-electron chi connectivity index (χ4n) is 2.40. The molecule has 2 rings (SSSR count). The van der Waals surface area contributed by atoms with E-state index >= 15 is 0 Å². The summed E-state index contributed by atoms with van der Waals surface area (Å²) in [6, 6.07) is 4.08. The Bertz CT molecular complexity index is 560. The first-order valence-electron chi connectivity index (χ1n) is 7.53. The molecule has 0 aromatic carbocycles. The quantitative estimate of drug-likeness (QED) is 0.868. The molecule has 5 nitrogen and oxygen atoms in total. The van der Waals surface area contributed by atoms with Gasteiger partial charge in [-0.3, -0.25) is 4.79 Å². The molecule has 0 unspecified atom stereocenters. The van der Waals surface area contributed by atoms with Gasteiger partial charge in [0, 0.05) is 12.2 Å². The van der Waals surface area contributed by atoms with Crippen molar-refractivity contribution in [2.75, 3.05) is 18.4 Å². The van der Waals surface area contributed by atoms with Gasteiger partial charge in [-0.2, -0.15) is 5.26 Å². The molecule has 112 valence electrons. The molecular formula is C16H22N4O. The number of hydrogen-bond donors (Lipinski definition) is 2. The van der Waals surface area contributed by atoms with Crippen molar-refractivity contribution in [2.24, 2.45) is 5.92 Å². The predicted molar refractivity (Wildman–Crippen MR) is 81.9 cm³/mol. The summed E-state index contributed by atoms with van der Waals surface area (Å²) in [4.78, 5) is 16.3. The third-order valence-electron chi connectivity index (χ3n) is 3.55. The molecule has 1 heterocycles. The van der Waals surface area contributed by atoms with Crippen LogP contribution < -0.4 is 10.6 Å². The van der Waals surface area contributed by atoms with Gasteiger partial charge in [0.05, 0.1) is 12.1 Å². The minimum absolute atomic E-state index is 0.0767. The van der Waals surface area contributed by atoms with Crippen LogP contribution in [-0.4, -0.2) is 24.0 Å². The fraction of sp³-hybridized carbons (Fsp3) is 0.562. The van der Waals surface area contributed by atoms with Gasteiger partial charge in [0.25, 0.3) is 0 Å². The molecule has 1 aromatic heterocycles. The molecule has 0 spiro atoms. The van der Waals surface area contributed by atoms with E-state index in [1.807, 2.05) is 19.9 Å². The van der Waals surface area contributed by atoms with Gasteiger partial charge in [-0.1, -0.05) is 13.8 Å². The van der Waals surface area contributed by atoms with Crippen molar-refractivity contribution < 1.29 is 4.79 Å². The van der Waals surface area contributed by atoms with Gasteiger partial charge < -0.3 is 10.6 Å². The van der Waals surface area contributed by atoms with Gasteiger partial charge in [0.1, 0.15) is 11.9 Å². The molecule has 0 saturated carbocycles. The number of nitrogens with one attached hydrogen (secondary N) is 2. The minimum atomic E-state index is -0.0767. The van der Waals surface area contributed by atoms with Crippen molar-refractivity contribution in [3.05, 3.63) is 22.9 Å². The molecule has 0 bridgehead atoms.